The van der Waals surface area contributed by atoms with Crippen molar-refractivity contribution in [2.45, 2.75) is 20.8 Å². The van der Waals surface area contributed by atoms with Gasteiger partial charge in [0.05, 0.1) is 0 Å². The van der Waals surface area contributed by atoms with Gasteiger partial charge in [0.2, 0.25) is 0 Å². The zero-order chi connectivity index (χ0) is 16.9. The SMILES string of the molecule is CC(C)(C)C(C(=N)Oc1ccccc1)C(=N)Oc1ccccc1. The molecule has 2 N–H and O–H groups in total. The summed E-state index contributed by atoms with van der Waals surface area (Å²) in [5, 5.41) is 16.6. The maximum Gasteiger partial charge on any atom is 0.200 e. The number of para-hydroxylation sites is 2. The second-order valence-electron chi connectivity index (χ2n) is 6.36. The molecule has 4 heteroatoms. The minimum Gasteiger partial charge on any atom is -0.443 e. The molecule has 0 atom stereocenters. The van der Waals surface area contributed by atoms with Crippen molar-refractivity contribution in [3.8, 4) is 11.5 Å². The van der Waals surface area contributed by atoms with Gasteiger partial charge in [-0.05, 0) is 29.7 Å². The fourth-order valence-corrected chi connectivity index (χ4v) is 2.25. The number of ether oxygens (including phenoxy) is 2. The fraction of sp³-hybridized carbons (Fsp3) is 0.263. The van der Waals surface area contributed by atoms with Crippen LogP contribution in [0.15, 0.2) is 60.7 Å². The lowest BCUT2D eigenvalue weighted by molar-refractivity contribution is 0.313. The van der Waals surface area contributed by atoms with Crippen molar-refractivity contribution in [1.82, 2.24) is 0 Å². The number of hydrogen-bond donors (Lipinski definition) is 2. The Hall–Kier alpha value is -2.62. The highest BCUT2D eigenvalue weighted by Crippen LogP contribution is 2.30. The zero-order valence-electron chi connectivity index (χ0n) is 13.7. The summed E-state index contributed by atoms with van der Waals surface area (Å²) < 4.78 is 11.2. The van der Waals surface area contributed by atoms with E-state index in [4.69, 9.17) is 20.3 Å². The summed E-state index contributed by atoms with van der Waals surface area (Å²) in [5.41, 5.74) is -0.377. The van der Waals surface area contributed by atoms with E-state index < -0.39 is 5.92 Å². The van der Waals surface area contributed by atoms with Crippen LogP contribution in [0.2, 0.25) is 0 Å². The third-order valence-electron chi connectivity index (χ3n) is 3.33. The molecule has 23 heavy (non-hydrogen) atoms. The molecule has 4 nitrogen and oxygen atoms in total. The van der Waals surface area contributed by atoms with Crippen molar-refractivity contribution in [1.29, 1.82) is 10.8 Å². The highest BCUT2D eigenvalue weighted by atomic mass is 16.5. The van der Waals surface area contributed by atoms with Crippen LogP contribution >= 0.6 is 0 Å². The van der Waals surface area contributed by atoms with Crippen LogP contribution in [0.25, 0.3) is 0 Å². The first-order valence-corrected chi connectivity index (χ1v) is 7.50. The summed E-state index contributed by atoms with van der Waals surface area (Å²) in [7, 11) is 0. The van der Waals surface area contributed by atoms with E-state index in [-0.39, 0.29) is 17.2 Å². The van der Waals surface area contributed by atoms with Gasteiger partial charge in [-0.15, -0.1) is 0 Å². The molecule has 0 heterocycles. The zero-order valence-corrected chi connectivity index (χ0v) is 13.7. The van der Waals surface area contributed by atoms with Gasteiger partial charge < -0.3 is 9.47 Å². The average molecular weight is 310 g/mol. The van der Waals surface area contributed by atoms with E-state index in [1.165, 1.54) is 0 Å². The van der Waals surface area contributed by atoms with Gasteiger partial charge >= 0.3 is 0 Å². The first kappa shape index (κ1) is 16.7. The Morgan fingerprint density at radius 1 is 0.739 bits per heavy atom. The van der Waals surface area contributed by atoms with Gasteiger partial charge in [-0.25, -0.2) is 0 Å². The number of nitrogens with one attached hydrogen (secondary N) is 2. The minimum atomic E-state index is -0.581. The fourth-order valence-electron chi connectivity index (χ4n) is 2.25. The Balaban J connectivity index is 2.16. The molecule has 0 saturated carbocycles. The number of hydrogen-bond acceptors (Lipinski definition) is 4. The van der Waals surface area contributed by atoms with Gasteiger partial charge in [0.25, 0.3) is 0 Å². The molecular formula is C19H22N2O2. The van der Waals surface area contributed by atoms with Gasteiger partial charge in [-0.3, -0.25) is 10.8 Å². The molecule has 0 aromatic heterocycles. The largest absolute Gasteiger partial charge is 0.443 e. The maximum absolute atomic E-state index is 8.29. The minimum absolute atomic E-state index is 0.00429. The quantitative estimate of drug-likeness (QED) is 0.631. The standard InChI is InChI=1S/C19H22N2O2/c1-19(2,3)16(17(20)22-14-10-6-4-7-11-14)18(21)23-15-12-8-5-9-13-15/h4-13,16,20-21H,1-3H3. The van der Waals surface area contributed by atoms with E-state index >= 15 is 0 Å². The number of benzene rings is 2. The Morgan fingerprint density at radius 2 is 1.09 bits per heavy atom. The number of rotatable bonds is 4. The molecule has 0 amide bonds. The van der Waals surface area contributed by atoms with Crippen LogP contribution in [0.1, 0.15) is 20.8 Å². The molecule has 2 aromatic rings. The predicted octanol–water partition coefficient (Wildman–Crippen LogP) is 4.76. The Bertz CT molecular complexity index is 607. The van der Waals surface area contributed by atoms with Crippen LogP contribution in [0.5, 0.6) is 11.5 Å². The van der Waals surface area contributed by atoms with Crippen molar-refractivity contribution in [3.05, 3.63) is 60.7 Å². The van der Waals surface area contributed by atoms with E-state index in [1.807, 2.05) is 57.2 Å². The van der Waals surface area contributed by atoms with Crippen LogP contribution in [0.4, 0.5) is 0 Å². The summed E-state index contributed by atoms with van der Waals surface area (Å²) >= 11 is 0. The van der Waals surface area contributed by atoms with E-state index in [0.29, 0.717) is 11.5 Å². The molecule has 0 aliphatic heterocycles. The Labute approximate surface area is 137 Å². The lowest BCUT2D eigenvalue weighted by Gasteiger charge is -2.30. The molecule has 0 radical (unpaired) electrons. The molecule has 2 rings (SSSR count). The molecule has 0 unspecified atom stereocenters. The molecule has 0 aliphatic rings. The molecule has 0 bridgehead atoms. The van der Waals surface area contributed by atoms with Crippen molar-refractivity contribution in [3.63, 3.8) is 0 Å². The van der Waals surface area contributed by atoms with Gasteiger partial charge in [0.1, 0.15) is 17.4 Å². The van der Waals surface area contributed by atoms with Crippen LogP contribution in [0, 0.1) is 22.2 Å². The predicted molar refractivity (Wildman–Crippen MR) is 92.5 cm³/mol. The second-order valence-corrected chi connectivity index (χ2v) is 6.36. The summed E-state index contributed by atoms with van der Waals surface area (Å²) in [6.07, 6.45) is 0. The molecule has 2 aromatic carbocycles. The van der Waals surface area contributed by atoms with Crippen molar-refractivity contribution in [2.24, 2.45) is 11.3 Å². The van der Waals surface area contributed by atoms with E-state index in [9.17, 15) is 0 Å². The molecule has 0 spiro atoms. The molecule has 0 aliphatic carbocycles. The molecular weight excluding hydrogens is 288 g/mol. The Morgan fingerprint density at radius 3 is 1.39 bits per heavy atom. The monoisotopic (exact) mass is 310 g/mol. The van der Waals surface area contributed by atoms with Crippen LogP contribution in [0.3, 0.4) is 0 Å². The van der Waals surface area contributed by atoms with E-state index in [2.05, 4.69) is 0 Å². The summed E-state index contributed by atoms with van der Waals surface area (Å²) in [4.78, 5) is 0. The molecule has 0 fully saturated rings. The molecule has 120 valence electrons. The van der Waals surface area contributed by atoms with Gasteiger partial charge in [0, 0.05) is 0 Å². The van der Waals surface area contributed by atoms with Gasteiger partial charge in [-0.1, -0.05) is 57.2 Å². The average Bonchev–Trinajstić information content (AvgIpc) is 2.47. The highest BCUT2D eigenvalue weighted by molar-refractivity contribution is 6.00. The third-order valence-corrected chi connectivity index (χ3v) is 3.33. The first-order valence-electron chi connectivity index (χ1n) is 7.50. The van der Waals surface area contributed by atoms with E-state index in [0.717, 1.165) is 0 Å². The third kappa shape index (κ3) is 4.68. The first-order chi connectivity index (χ1) is 10.9. The Kier molecular flexibility index (Phi) is 5.16. The van der Waals surface area contributed by atoms with Crippen LogP contribution in [-0.2, 0) is 0 Å². The van der Waals surface area contributed by atoms with Gasteiger partial charge in [0.15, 0.2) is 11.8 Å². The van der Waals surface area contributed by atoms with Crippen molar-refractivity contribution in [2.75, 3.05) is 0 Å². The second kappa shape index (κ2) is 7.09. The van der Waals surface area contributed by atoms with Crippen LogP contribution < -0.4 is 9.47 Å². The van der Waals surface area contributed by atoms with Gasteiger partial charge in [-0.2, -0.15) is 0 Å². The highest BCUT2D eigenvalue weighted by Gasteiger charge is 2.36. The summed E-state index contributed by atoms with van der Waals surface area (Å²) in [6, 6.07) is 18.3. The summed E-state index contributed by atoms with van der Waals surface area (Å²) in [6.45, 7) is 5.89. The van der Waals surface area contributed by atoms with Crippen LogP contribution in [-0.4, -0.2) is 11.8 Å². The molecule has 0 saturated heterocycles. The lowest BCUT2D eigenvalue weighted by Crippen LogP contribution is -2.39. The summed E-state index contributed by atoms with van der Waals surface area (Å²) in [5.74, 6) is 0.593. The topological polar surface area (TPSA) is 66.2 Å². The van der Waals surface area contributed by atoms with E-state index in [1.54, 1.807) is 24.3 Å². The van der Waals surface area contributed by atoms with Crippen molar-refractivity contribution < 1.29 is 9.47 Å². The maximum atomic E-state index is 8.29. The van der Waals surface area contributed by atoms with Crippen molar-refractivity contribution >= 4 is 11.8 Å². The lowest BCUT2D eigenvalue weighted by atomic mass is 9.80. The smallest absolute Gasteiger partial charge is 0.200 e. The normalized spacial score (nSPS) is 12.3.